The lowest BCUT2D eigenvalue weighted by Gasteiger charge is -2.12. The number of benzene rings is 1. The molecule has 0 bridgehead atoms. The Morgan fingerprint density at radius 2 is 2.09 bits per heavy atom. The van der Waals surface area contributed by atoms with Crippen LogP contribution in [0.2, 0.25) is 10.0 Å². The molecule has 0 spiro atoms. The topological polar surface area (TPSA) is 54.0 Å². The van der Waals surface area contributed by atoms with Crippen LogP contribution in [0.3, 0.4) is 0 Å². The molecule has 1 unspecified atom stereocenters. The van der Waals surface area contributed by atoms with E-state index in [1.54, 1.807) is 30.5 Å². The highest BCUT2D eigenvalue weighted by Gasteiger charge is 2.11. The molecule has 2 aromatic rings. The van der Waals surface area contributed by atoms with Gasteiger partial charge in [-0.25, -0.2) is 0 Å². The zero-order valence-corrected chi connectivity index (χ0v) is 13.9. The van der Waals surface area contributed by atoms with Crippen molar-refractivity contribution in [1.29, 1.82) is 0 Å². The van der Waals surface area contributed by atoms with E-state index in [1.807, 2.05) is 19.9 Å². The molecule has 1 amide bonds. The fraction of sp³-hybridized carbons (Fsp3) is 0.250. The molecule has 1 aromatic heterocycles. The van der Waals surface area contributed by atoms with Crippen molar-refractivity contribution in [3.05, 3.63) is 52.3 Å². The fourth-order valence-corrected chi connectivity index (χ4v) is 2.14. The van der Waals surface area contributed by atoms with Gasteiger partial charge < -0.3 is 10.6 Å². The van der Waals surface area contributed by atoms with E-state index in [-0.39, 0.29) is 11.9 Å². The van der Waals surface area contributed by atoms with E-state index in [0.717, 1.165) is 6.42 Å². The number of nitrogens with zero attached hydrogens (tertiary/aromatic N) is 1. The summed E-state index contributed by atoms with van der Waals surface area (Å²) in [5, 5.41) is 6.92. The Labute approximate surface area is 139 Å². The van der Waals surface area contributed by atoms with Crippen LogP contribution in [-0.2, 0) is 0 Å². The number of carbonyl (C=O) groups is 1. The minimum absolute atomic E-state index is 0.105. The molecule has 0 aliphatic heterocycles. The maximum atomic E-state index is 12.1. The van der Waals surface area contributed by atoms with Gasteiger partial charge in [-0.3, -0.25) is 9.78 Å². The van der Waals surface area contributed by atoms with E-state index in [9.17, 15) is 4.79 Å². The van der Waals surface area contributed by atoms with Crippen molar-refractivity contribution in [3.63, 3.8) is 0 Å². The van der Waals surface area contributed by atoms with E-state index in [0.29, 0.717) is 27.1 Å². The van der Waals surface area contributed by atoms with Crippen molar-refractivity contribution in [2.75, 3.05) is 5.32 Å². The normalized spacial score (nSPS) is 11.8. The zero-order valence-electron chi connectivity index (χ0n) is 12.4. The molecule has 0 aliphatic carbocycles. The predicted octanol–water partition coefficient (Wildman–Crippen LogP) is 4.66. The van der Waals surface area contributed by atoms with Crippen molar-refractivity contribution < 1.29 is 4.79 Å². The number of amides is 1. The quantitative estimate of drug-likeness (QED) is 0.834. The Kier molecular flexibility index (Phi) is 5.63. The molecule has 0 radical (unpaired) electrons. The van der Waals surface area contributed by atoms with Crippen LogP contribution in [-0.4, -0.2) is 16.9 Å². The Morgan fingerprint density at radius 1 is 1.32 bits per heavy atom. The van der Waals surface area contributed by atoms with Gasteiger partial charge in [0.15, 0.2) is 0 Å². The van der Waals surface area contributed by atoms with Gasteiger partial charge in [-0.2, -0.15) is 0 Å². The second-order valence-electron chi connectivity index (χ2n) is 4.94. The summed E-state index contributed by atoms with van der Waals surface area (Å²) in [6, 6.07) is 8.87. The Morgan fingerprint density at radius 3 is 2.82 bits per heavy atom. The first-order chi connectivity index (χ1) is 10.5. The lowest BCUT2D eigenvalue weighted by Crippen LogP contribution is -2.32. The van der Waals surface area contributed by atoms with Gasteiger partial charge in [-0.15, -0.1) is 0 Å². The summed E-state index contributed by atoms with van der Waals surface area (Å²) in [4.78, 5) is 16.2. The Bertz CT molecular complexity index is 676. The SMILES string of the molecule is CCC(C)NC(=O)c1cc(Nc2cccc(Cl)c2Cl)ccn1. The molecule has 22 heavy (non-hydrogen) atoms. The van der Waals surface area contributed by atoms with Crippen molar-refractivity contribution in [3.8, 4) is 0 Å². The molecule has 1 atom stereocenters. The first kappa shape index (κ1) is 16.6. The van der Waals surface area contributed by atoms with Gasteiger partial charge in [0.25, 0.3) is 5.91 Å². The molecule has 2 rings (SSSR count). The second kappa shape index (κ2) is 7.47. The number of pyridine rings is 1. The summed E-state index contributed by atoms with van der Waals surface area (Å²) in [6.45, 7) is 3.96. The smallest absolute Gasteiger partial charge is 0.270 e. The Balaban J connectivity index is 2.18. The first-order valence-corrected chi connectivity index (χ1v) is 7.74. The van der Waals surface area contributed by atoms with Crippen LogP contribution in [0.5, 0.6) is 0 Å². The largest absolute Gasteiger partial charge is 0.354 e. The molecule has 116 valence electrons. The molecule has 2 N–H and O–H groups in total. The third-order valence-electron chi connectivity index (χ3n) is 3.21. The van der Waals surface area contributed by atoms with Gasteiger partial charge >= 0.3 is 0 Å². The molecular formula is C16H17Cl2N3O. The van der Waals surface area contributed by atoms with E-state index in [2.05, 4.69) is 15.6 Å². The Hall–Kier alpha value is -1.78. The highest BCUT2D eigenvalue weighted by molar-refractivity contribution is 6.43. The summed E-state index contributed by atoms with van der Waals surface area (Å²) in [7, 11) is 0. The molecule has 1 aromatic carbocycles. The van der Waals surface area contributed by atoms with Crippen LogP contribution >= 0.6 is 23.2 Å². The van der Waals surface area contributed by atoms with Gasteiger partial charge in [0, 0.05) is 17.9 Å². The highest BCUT2D eigenvalue weighted by Crippen LogP contribution is 2.31. The van der Waals surface area contributed by atoms with Gasteiger partial charge in [-0.1, -0.05) is 36.2 Å². The lowest BCUT2D eigenvalue weighted by atomic mass is 10.2. The molecular weight excluding hydrogens is 321 g/mol. The third-order valence-corrected chi connectivity index (χ3v) is 4.03. The van der Waals surface area contributed by atoms with Crippen LogP contribution in [0.25, 0.3) is 0 Å². The number of nitrogens with one attached hydrogen (secondary N) is 2. The van der Waals surface area contributed by atoms with E-state index in [4.69, 9.17) is 23.2 Å². The minimum Gasteiger partial charge on any atom is -0.354 e. The molecule has 0 saturated heterocycles. The molecule has 6 heteroatoms. The average molecular weight is 338 g/mol. The molecule has 1 heterocycles. The third kappa shape index (κ3) is 4.12. The molecule has 0 fully saturated rings. The predicted molar refractivity (Wildman–Crippen MR) is 91.2 cm³/mol. The maximum absolute atomic E-state index is 12.1. The van der Waals surface area contributed by atoms with Crippen molar-refractivity contribution in [2.45, 2.75) is 26.3 Å². The molecule has 0 saturated carbocycles. The number of anilines is 2. The van der Waals surface area contributed by atoms with Gasteiger partial charge in [0.05, 0.1) is 15.7 Å². The van der Waals surface area contributed by atoms with Crippen LogP contribution in [0, 0.1) is 0 Å². The summed E-state index contributed by atoms with van der Waals surface area (Å²) >= 11 is 12.1. The van der Waals surface area contributed by atoms with Crippen molar-refractivity contribution >= 4 is 40.5 Å². The van der Waals surface area contributed by atoms with Gasteiger partial charge in [0.2, 0.25) is 0 Å². The highest BCUT2D eigenvalue weighted by atomic mass is 35.5. The van der Waals surface area contributed by atoms with Crippen LogP contribution < -0.4 is 10.6 Å². The fourth-order valence-electron chi connectivity index (χ4n) is 1.79. The lowest BCUT2D eigenvalue weighted by molar-refractivity contribution is 0.0934. The second-order valence-corrected chi connectivity index (χ2v) is 5.72. The van der Waals surface area contributed by atoms with E-state index < -0.39 is 0 Å². The number of hydrogen-bond donors (Lipinski definition) is 2. The zero-order chi connectivity index (χ0) is 16.1. The summed E-state index contributed by atoms with van der Waals surface area (Å²) in [6.07, 6.45) is 2.44. The van der Waals surface area contributed by atoms with E-state index in [1.165, 1.54) is 0 Å². The van der Waals surface area contributed by atoms with Crippen molar-refractivity contribution in [1.82, 2.24) is 10.3 Å². The summed E-state index contributed by atoms with van der Waals surface area (Å²) < 4.78 is 0. The number of hydrogen-bond acceptors (Lipinski definition) is 3. The van der Waals surface area contributed by atoms with Crippen LogP contribution in [0.4, 0.5) is 11.4 Å². The standard InChI is InChI=1S/C16H17Cl2N3O/c1-3-10(2)20-16(22)14-9-11(7-8-19-14)21-13-6-4-5-12(17)15(13)18/h4-10H,3H2,1-2H3,(H,19,21)(H,20,22). The van der Waals surface area contributed by atoms with Gasteiger partial charge in [0.1, 0.15) is 5.69 Å². The number of rotatable bonds is 5. The monoisotopic (exact) mass is 337 g/mol. The maximum Gasteiger partial charge on any atom is 0.270 e. The van der Waals surface area contributed by atoms with Crippen LogP contribution in [0.1, 0.15) is 30.8 Å². The first-order valence-electron chi connectivity index (χ1n) is 6.99. The van der Waals surface area contributed by atoms with E-state index >= 15 is 0 Å². The summed E-state index contributed by atoms with van der Waals surface area (Å²) in [5.74, 6) is -0.199. The number of aromatic nitrogens is 1. The van der Waals surface area contributed by atoms with Crippen molar-refractivity contribution in [2.24, 2.45) is 0 Å². The average Bonchev–Trinajstić information content (AvgIpc) is 2.52. The van der Waals surface area contributed by atoms with Crippen LogP contribution in [0.15, 0.2) is 36.5 Å². The molecule has 0 aliphatic rings. The number of carbonyl (C=O) groups excluding carboxylic acids is 1. The number of halogens is 2. The minimum atomic E-state index is -0.199. The molecule has 4 nitrogen and oxygen atoms in total. The van der Waals surface area contributed by atoms with Gasteiger partial charge in [-0.05, 0) is 37.6 Å². The summed E-state index contributed by atoms with van der Waals surface area (Å²) in [5.41, 5.74) is 1.74.